The third kappa shape index (κ3) is 21.8. The van der Waals surface area contributed by atoms with E-state index in [1.807, 2.05) is 179 Å². The molecular weight excluding hydrogens is 1790 g/mol. The van der Waals surface area contributed by atoms with Crippen molar-refractivity contribution in [2.45, 2.75) is 41.4 Å². The number of halogens is 3. The van der Waals surface area contributed by atoms with Crippen molar-refractivity contribution in [3.63, 3.8) is 0 Å². The average Bonchev–Trinajstić information content (AvgIpc) is 1.60. The number of benzene rings is 10. The number of aryl methyl sites for hydroxylation is 6. The van der Waals surface area contributed by atoms with Crippen molar-refractivity contribution in [3.05, 3.63) is 342 Å². The molecule has 0 bridgehead atoms. The molecule has 18 rings (SSSR count). The van der Waals surface area contributed by atoms with Gasteiger partial charge in [0.25, 0.3) is 0 Å². The molecular formula is C92H78BClF2Ir2N6O8-3. The van der Waals surface area contributed by atoms with Gasteiger partial charge in [0.15, 0.2) is 28.1 Å². The van der Waals surface area contributed by atoms with Gasteiger partial charge in [-0.1, -0.05) is 133 Å². The van der Waals surface area contributed by atoms with Gasteiger partial charge >= 0.3 is 7.69 Å². The first-order valence-electron chi connectivity index (χ1n) is 37.2. The fraction of sp³-hybridized carbons (Fsp3) is 0.109. The molecule has 0 aliphatic heterocycles. The van der Waals surface area contributed by atoms with E-state index in [1.165, 1.54) is 41.5 Å². The molecule has 0 aliphatic carbocycles. The van der Waals surface area contributed by atoms with E-state index in [-0.39, 0.29) is 62.3 Å². The molecule has 8 heterocycles. The number of hydrogen-bond acceptors (Lipinski definition) is 14. The third-order valence-corrected chi connectivity index (χ3v) is 16.8. The van der Waals surface area contributed by atoms with Gasteiger partial charge in [0.05, 0.1) is 36.3 Å². The number of hydrogen-bond donors (Lipinski definition) is 3. The quantitative estimate of drug-likeness (QED) is 0.0775. The number of aliphatic hydroxyl groups excluding tert-OH is 2. The first-order valence-corrected chi connectivity index (χ1v) is 34.6. The van der Waals surface area contributed by atoms with Gasteiger partial charge in [-0.05, 0) is 167 Å². The topological polar surface area (TPSA) is 192 Å². The molecule has 20 heteroatoms. The molecule has 0 saturated heterocycles. The monoisotopic (exact) mass is 1870 g/mol. The van der Waals surface area contributed by atoms with Crippen LogP contribution >= 0.6 is 11.6 Å². The minimum absolute atomic E-state index is 0. The van der Waals surface area contributed by atoms with Gasteiger partial charge in [-0.2, -0.15) is 0 Å². The first kappa shape index (κ1) is 77.3. The van der Waals surface area contributed by atoms with E-state index in [0.717, 1.165) is 135 Å². The van der Waals surface area contributed by atoms with Crippen LogP contribution in [0.4, 0.5) is 8.78 Å². The van der Waals surface area contributed by atoms with Crippen LogP contribution in [0.15, 0.2) is 283 Å². The second-order valence-electron chi connectivity index (χ2n) is 24.1. The molecule has 0 fully saturated rings. The molecule has 0 spiro atoms. The Balaban J connectivity index is 0.000000171. The summed E-state index contributed by atoms with van der Waals surface area (Å²) in [5, 5.41) is 33.4. The summed E-state index contributed by atoms with van der Waals surface area (Å²) in [6.45, 7) is 3.44. The smallest absolute Gasteiger partial charge is 0.534 e. The zero-order valence-electron chi connectivity index (χ0n) is 67.9. The molecule has 112 heavy (non-hydrogen) atoms. The van der Waals surface area contributed by atoms with E-state index in [1.54, 1.807) is 69.8 Å². The Morgan fingerprint density at radius 1 is 0.420 bits per heavy atom. The molecule has 10 aromatic carbocycles. The zero-order valence-corrected chi connectivity index (χ0v) is 67.5. The van der Waals surface area contributed by atoms with Crippen molar-refractivity contribution in [1.29, 1.82) is 0 Å². The summed E-state index contributed by atoms with van der Waals surface area (Å²) in [7, 11) is 5.80. The van der Waals surface area contributed by atoms with Crippen LogP contribution in [0.25, 0.3) is 121 Å². The number of furan rings is 2. The van der Waals surface area contributed by atoms with E-state index >= 15 is 0 Å². The molecule has 0 unspecified atom stereocenters. The fourth-order valence-electron chi connectivity index (χ4n) is 11.6. The Morgan fingerprint density at radius 2 is 0.857 bits per heavy atom. The van der Waals surface area contributed by atoms with E-state index in [4.69, 9.17) is 58.0 Å². The van der Waals surface area contributed by atoms with Crippen molar-refractivity contribution in [1.82, 2.24) is 29.9 Å². The van der Waals surface area contributed by atoms with Gasteiger partial charge in [0, 0.05) is 105 Å². The summed E-state index contributed by atoms with van der Waals surface area (Å²) in [4.78, 5) is 25.1. The number of ether oxygens (including phenoxy) is 2. The number of methoxy groups -OCH3 is 2. The number of pyridine rings is 6. The normalized spacial score (nSPS) is 11.2. The SMILES string of the molecule is CO.CO.COc1ccc2ccccc2c1-c1ncc(C)cc1F.COc1ccc2ccccc2c1O[B]O.Cc1cnc(Cl)c(F)c1.Cc1cnc2c(c1)oc1ccc3ccc[c-]c3c12.Cc1cnc2c(c1)oc1ccc3ccccc3c12.[2H]C([2H])([2H])c1ccc(-c2[c-]cccc2)nc1.[2H]C([2H])([2H])c1ccc(-c2[c-]cccc2)nc1.[Ir].[Ir]. The van der Waals surface area contributed by atoms with Gasteiger partial charge < -0.3 is 48.2 Å². The van der Waals surface area contributed by atoms with E-state index in [2.05, 4.69) is 84.5 Å². The predicted molar refractivity (Wildman–Crippen MR) is 441 cm³/mol. The molecule has 3 N–H and O–H groups in total. The van der Waals surface area contributed by atoms with Crippen molar-refractivity contribution in [3.8, 4) is 51.0 Å². The Hall–Kier alpha value is -11.5. The molecule has 0 saturated carbocycles. The second-order valence-corrected chi connectivity index (χ2v) is 24.5. The van der Waals surface area contributed by atoms with E-state index in [0.29, 0.717) is 36.2 Å². The van der Waals surface area contributed by atoms with Crippen LogP contribution in [0.5, 0.6) is 17.2 Å². The molecule has 3 radical (unpaired) electrons. The largest absolute Gasteiger partial charge is 0.569 e. The van der Waals surface area contributed by atoms with Crippen LogP contribution in [0.3, 0.4) is 0 Å². The maximum atomic E-state index is 14.3. The number of nitrogens with zero attached hydrogens (tertiary/aromatic N) is 6. The fourth-order valence-corrected chi connectivity index (χ4v) is 11.7. The van der Waals surface area contributed by atoms with Crippen molar-refractivity contribution < 1.29 is 95.4 Å². The van der Waals surface area contributed by atoms with Crippen molar-refractivity contribution in [2.24, 2.45) is 0 Å². The van der Waals surface area contributed by atoms with Gasteiger partial charge in [0.2, 0.25) is 0 Å². The Labute approximate surface area is 690 Å². The Bertz CT molecular complexity index is 6060. The number of aromatic nitrogens is 6. The predicted octanol–water partition coefficient (Wildman–Crippen LogP) is 21.9. The first-order chi connectivity index (χ1) is 56.1. The Morgan fingerprint density at radius 3 is 1.37 bits per heavy atom. The summed E-state index contributed by atoms with van der Waals surface area (Å²) < 4.78 is 97.4. The molecule has 18 aromatic rings. The third-order valence-electron chi connectivity index (χ3n) is 16.6. The van der Waals surface area contributed by atoms with Gasteiger partial charge in [0.1, 0.15) is 33.9 Å². The van der Waals surface area contributed by atoms with Crippen LogP contribution < -0.4 is 14.1 Å². The van der Waals surface area contributed by atoms with Gasteiger partial charge in [-0.3, -0.25) is 15.0 Å². The maximum Gasteiger partial charge on any atom is 0.569 e. The molecule has 0 aliphatic rings. The van der Waals surface area contributed by atoms with Gasteiger partial charge in [-0.15, -0.1) is 107 Å². The molecule has 8 aromatic heterocycles. The summed E-state index contributed by atoms with van der Waals surface area (Å²) >= 11 is 5.29. The number of rotatable bonds is 7. The summed E-state index contributed by atoms with van der Waals surface area (Å²) in [5.74, 6) is 0.951. The van der Waals surface area contributed by atoms with Crippen LogP contribution in [0.2, 0.25) is 5.15 Å². The van der Waals surface area contributed by atoms with Crippen molar-refractivity contribution >= 4 is 107 Å². The summed E-state index contributed by atoms with van der Waals surface area (Å²) in [6, 6.07) is 83.4. The minimum atomic E-state index is -2.09. The molecule has 0 atom stereocenters. The van der Waals surface area contributed by atoms with E-state index in [9.17, 15) is 8.78 Å². The molecule has 14 nitrogen and oxygen atoms in total. The molecule has 0 amide bonds. The average molecular weight is 1870 g/mol. The van der Waals surface area contributed by atoms with Crippen molar-refractivity contribution in [2.75, 3.05) is 28.4 Å². The van der Waals surface area contributed by atoms with Gasteiger partial charge in [-0.25, -0.2) is 13.8 Å². The second kappa shape index (κ2) is 42.6. The minimum Gasteiger partial charge on any atom is -0.534 e. The Kier molecular flexibility index (Phi) is 29.4. The zero-order chi connectivity index (χ0) is 83.1. The standard InChI is InChI=1S/C17H14FNO.C16H11NO.C16H10NO.2C12H10N.C11H10BO3.C6H5ClFN.2CH4O.2Ir/c1-11-9-14(18)17(19-10-11)16-13-6-4-3-5-12(13)7-8-15(16)20-2;2*1-10-8-14-16(17-9-10)15-12-5-3-2-4-11(12)6-7-13(15)18-14;2*1-10-7-8-12(13-9-10)11-5-3-2-4-6-11;1-14-10-7-6-8-4-2-3-5-9(8)11(10)15-12-13;1-4-2-5(8)6(7)9-3-4;2*1-2;;/h3-10H,1-2H3;2-9H,1H3;2-4,6-9H,1H3;2*2-5,7-9H,1H3;2-7,13H,1H3;2-3H,1H3;2*2H,1H3;;/q;;3*-1;;;;;;/i;;;2*1D3;;;;;;. The number of fused-ring (bicyclic) bond motifs is 12. The van der Waals surface area contributed by atoms with Crippen LogP contribution in [-0.4, -0.2) is 81.3 Å². The summed E-state index contributed by atoms with van der Waals surface area (Å²) in [6.07, 6.45) is 9.73. The van der Waals surface area contributed by atoms with Crippen LogP contribution in [0, 0.1) is 71.2 Å². The molecule has 569 valence electrons. The number of aliphatic hydroxyl groups is 2. The van der Waals surface area contributed by atoms with Crippen LogP contribution in [0.1, 0.15) is 41.6 Å². The van der Waals surface area contributed by atoms with Crippen LogP contribution in [-0.2, 0) is 40.2 Å². The van der Waals surface area contributed by atoms with E-state index < -0.39 is 19.5 Å². The maximum absolute atomic E-state index is 14.3. The summed E-state index contributed by atoms with van der Waals surface area (Å²) in [5.41, 5.74) is 13.9.